The van der Waals surface area contributed by atoms with Gasteiger partial charge < -0.3 is 14.7 Å². The summed E-state index contributed by atoms with van der Waals surface area (Å²) in [4.78, 5) is 30.9. The highest BCUT2D eigenvalue weighted by Gasteiger charge is 2.38. The second kappa shape index (κ2) is 7.90. The summed E-state index contributed by atoms with van der Waals surface area (Å²) in [6, 6.07) is 10.2. The van der Waals surface area contributed by atoms with Crippen molar-refractivity contribution in [3.63, 3.8) is 0 Å². The SMILES string of the molecule is O=C(NCc1nc(Cc2ccccc2)no1)C1CC(=O)N(C2CCCC2)C1. The van der Waals surface area contributed by atoms with Crippen LogP contribution in [0.5, 0.6) is 0 Å². The normalized spacial score (nSPS) is 20.4. The average Bonchev–Trinajstić information content (AvgIpc) is 3.41. The van der Waals surface area contributed by atoms with Crippen molar-refractivity contribution in [2.45, 2.75) is 51.1 Å². The number of hydrogen-bond donors (Lipinski definition) is 1. The number of hydrogen-bond acceptors (Lipinski definition) is 5. The molecule has 1 N–H and O–H groups in total. The Morgan fingerprint density at radius 1 is 1.22 bits per heavy atom. The van der Waals surface area contributed by atoms with Gasteiger partial charge in [0.1, 0.15) is 0 Å². The van der Waals surface area contributed by atoms with Crippen LogP contribution in [-0.4, -0.2) is 39.4 Å². The van der Waals surface area contributed by atoms with E-state index in [-0.39, 0.29) is 24.3 Å². The molecule has 7 nitrogen and oxygen atoms in total. The highest BCUT2D eigenvalue weighted by atomic mass is 16.5. The Labute approximate surface area is 158 Å². The molecule has 1 saturated carbocycles. The third-order valence-corrected chi connectivity index (χ3v) is 5.42. The summed E-state index contributed by atoms with van der Waals surface area (Å²) in [6.07, 6.45) is 5.36. The minimum Gasteiger partial charge on any atom is -0.347 e. The molecule has 0 spiro atoms. The van der Waals surface area contributed by atoms with Crippen LogP contribution in [0.4, 0.5) is 0 Å². The first kappa shape index (κ1) is 17.7. The molecule has 1 aliphatic heterocycles. The summed E-state index contributed by atoms with van der Waals surface area (Å²) >= 11 is 0. The van der Waals surface area contributed by atoms with Crippen LogP contribution in [0.3, 0.4) is 0 Å². The molecule has 27 heavy (non-hydrogen) atoms. The van der Waals surface area contributed by atoms with Gasteiger partial charge in [-0.1, -0.05) is 48.3 Å². The number of carbonyl (C=O) groups is 2. The summed E-state index contributed by atoms with van der Waals surface area (Å²) in [6.45, 7) is 0.715. The molecule has 1 aliphatic carbocycles. The smallest absolute Gasteiger partial charge is 0.246 e. The van der Waals surface area contributed by atoms with E-state index in [1.807, 2.05) is 35.2 Å². The lowest BCUT2D eigenvalue weighted by Gasteiger charge is -2.23. The zero-order valence-electron chi connectivity index (χ0n) is 15.3. The largest absolute Gasteiger partial charge is 0.347 e. The van der Waals surface area contributed by atoms with E-state index < -0.39 is 0 Å². The van der Waals surface area contributed by atoms with E-state index in [4.69, 9.17) is 4.52 Å². The molecule has 1 saturated heterocycles. The fourth-order valence-electron chi connectivity index (χ4n) is 4.00. The number of nitrogens with zero attached hydrogens (tertiary/aromatic N) is 3. The Kier molecular flexibility index (Phi) is 5.18. The van der Waals surface area contributed by atoms with Gasteiger partial charge in [0, 0.05) is 25.4 Å². The molecule has 2 aromatic rings. The van der Waals surface area contributed by atoms with E-state index in [0.29, 0.717) is 37.1 Å². The maximum atomic E-state index is 12.4. The Morgan fingerprint density at radius 3 is 2.78 bits per heavy atom. The number of likely N-dealkylation sites (tertiary alicyclic amines) is 1. The lowest BCUT2D eigenvalue weighted by atomic mass is 10.1. The van der Waals surface area contributed by atoms with Crippen molar-refractivity contribution >= 4 is 11.8 Å². The molecule has 2 fully saturated rings. The molecular weight excluding hydrogens is 344 g/mol. The quantitative estimate of drug-likeness (QED) is 0.843. The number of amides is 2. The molecule has 0 bridgehead atoms. The molecule has 1 unspecified atom stereocenters. The van der Waals surface area contributed by atoms with E-state index in [9.17, 15) is 9.59 Å². The number of benzene rings is 1. The molecule has 2 heterocycles. The first-order valence-electron chi connectivity index (χ1n) is 9.61. The number of carbonyl (C=O) groups excluding carboxylic acids is 2. The summed E-state index contributed by atoms with van der Waals surface area (Å²) in [5.41, 5.74) is 1.10. The lowest BCUT2D eigenvalue weighted by molar-refractivity contribution is -0.130. The van der Waals surface area contributed by atoms with Crippen LogP contribution in [0.15, 0.2) is 34.9 Å². The van der Waals surface area contributed by atoms with Gasteiger partial charge in [0.15, 0.2) is 5.82 Å². The minimum absolute atomic E-state index is 0.102. The zero-order chi connectivity index (χ0) is 18.6. The topological polar surface area (TPSA) is 88.3 Å². The summed E-state index contributed by atoms with van der Waals surface area (Å²) in [5, 5.41) is 6.80. The number of aromatic nitrogens is 2. The molecule has 142 valence electrons. The maximum Gasteiger partial charge on any atom is 0.246 e. The minimum atomic E-state index is -0.287. The molecule has 1 aromatic carbocycles. The van der Waals surface area contributed by atoms with Gasteiger partial charge in [-0.3, -0.25) is 9.59 Å². The van der Waals surface area contributed by atoms with Crippen molar-refractivity contribution < 1.29 is 14.1 Å². The highest BCUT2D eigenvalue weighted by molar-refractivity contribution is 5.89. The van der Waals surface area contributed by atoms with Crippen LogP contribution < -0.4 is 5.32 Å². The van der Waals surface area contributed by atoms with E-state index in [1.54, 1.807) is 0 Å². The van der Waals surface area contributed by atoms with Crippen molar-refractivity contribution in [3.05, 3.63) is 47.6 Å². The average molecular weight is 368 g/mol. The predicted octanol–water partition coefficient (Wildman–Crippen LogP) is 2.07. The van der Waals surface area contributed by atoms with Crippen LogP contribution in [0.2, 0.25) is 0 Å². The standard InChI is InChI=1S/C20H24N4O3/c25-19-11-15(13-24(19)16-8-4-5-9-16)20(26)21-12-18-22-17(23-27-18)10-14-6-2-1-3-7-14/h1-3,6-7,15-16H,4-5,8-13H2,(H,21,26). The van der Waals surface area contributed by atoms with Crippen LogP contribution in [0.25, 0.3) is 0 Å². The van der Waals surface area contributed by atoms with Gasteiger partial charge in [-0.15, -0.1) is 0 Å². The zero-order valence-corrected chi connectivity index (χ0v) is 15.3. The monoisotopic (exact) mass is 368 g/mol. The van der Waals surface area contributed by atoms with Crippen LogP contribution in [-0.2, 0) is 22.6 Å². The molecule has 1 aromatic heterocycles. The van der Waals surface area contributed by atoms with Gasteiger partial charge in [-0.05, 0) is 18.4 Å². The van der Waals surface area contributed by atoms with Crippen LogP contribution >= 0.6 is 0 Å². The van der Waals surface area contributed by atoms with Crippen molar-refractivity contribution in [3.8, 4) is 0 Å². The van der Waals surface area contributed by atoms with E-state index in [1.165, 1.54) is 12.8 Å². The Bertz CT molecular complexity index is 799. The fourth-order valence-corrected chi connectivity index (χ4v) is 4.00. The third-order valence-electron chi connectivity index (χ3n) is 5.42. The predicted molar refractivity (Wildman–Crippen MR) is 97.5 cm³/mol. The van der Waals surface area contributed by atoms with Crippen molar-refractivity contribution in [2.24, 2.45) is 5.92 Å². The number of nitrogens with one attached hydrogen (secondary N) is 1. The lowest BCUT2D eigenvalue weighted by Crippen LogP contribution is -2.36. The molecular formula is C20H24N4O3. The van der Waals surface area contributed by atoms with Gasteiger partial charge in [0.2, 0.25) is 17.7 Å². The van der Waals surface area contributed by atoms with Gasteiger partial charge >= 0.3 is 0 Å². The molecule has 0 radical (unpaired) electrons. The highest BCUT2D eigenvalue weighted by Crippen LogP contribution is 2.29. The van der Waals surface area contributed by atoms with Crippen LogP contribution in [0.1, 0.15) is 49.4 Å². The molecule has 1 atom stereocenters. The second-order valence-corrected chi connectivity index (χ2v) is 7.37. The summed E-state index contributed by atoms with van der Waals surface area (Å²) in [5.74, 6) is 0.668. The number of rotatable bonds is 6. The Morgan fingerprint density at radius 2 is 2.00 bits per heavy atom. The molecule has 4 rings (SSSR count). The van der Waals surface area contributed by atoms with Crippen LogP contribution in [0, 0.1) is 5.92 Å². The molecule has 2 amide bonds. The molecule has 2 aliphatic rings. The Hall–Kier alpha value is -2.70. The Balaban J connectivity index is 1.28. The maximum absolute atomic E-state index is 12.4. The summed E-state index contributed by atoms with van der Waals surface area (Å²) < 4.78 is 5.22. The summed E-state index contributed by atoms with van der Waals surface area (Å²) in [7, 11) is 0. The van der Waals surface area contributed by atoms with Crippen molar-refractivity contribution in [1.29, 1.82) is 0 Å². The second-order valence-electron chi connectivity index (χ2n) is 7.37. The van der Waals surface area contributed by atoms with E-state index >= 15 is 0 Å². The third kappa shape index (κ3) is 4.18. The van der Waals surface area contributed by atoms with Crippen molar-refractivity contribution in [1.82, 2.24) is 20.4 Å². The van der Waals surface area contributed by atoms with Crippen molar-refractivity contribution in [2.75, 3.05) is 6.54 Å². The van der Waals surface area contributed by atoms with Gasteiger partial charge in [0.25, 0.3) is 0 Å². The molecule has 7 heteroatoms. The first-order valence-corrected chi connectivity index (χ1v) is 9.61. The van der Waals surface area contributed by atoms with Gasteiger partial charge in [0.05, 0.1) is 12.5 Å². The first-order chi connectivity index (χ1) is 13.2. The van der Waals surface area contributed by atoms with E-state index in [0.717, 1.165) is 18.4 Å². The van der Waals surface area contributed by atoms with Gasteiger partial charge in [-0.25, -0.2) is 0 Å². The fraction of sp³-hybridized carbons (Fsp3) is 0.500. The van der Waals surface area contributed by atoms with E-state index in [2.05, 4.69) is 15.5 Å². The van der Waals surface area contributed by atoms with Gasteiger partial charge in [-0.2, -0.15) is 4.98 Å².